The summed E-state index contributed by atoms with van der Waals surface area (Å²) in [6, 6.07) is 3.19. The lowest BCUT2D eigenvalue weighted by molar-refractivity contribution is -0.162. The molecule has 0 saturated carbocycles. The summed E-state index contributed by atoms with van der Waals surface area (Å²) >= 11 is 0. The number of carboxylic acid groups (broad SMARTS) is 1. The maximum absolute atomic E-state index is 12.2. The van der Waals surface area contributed by atoms with Gasteiger partial charge in [-0.3, -0.25) is 4.79 Å². The Morgan fingerprint density at radius 3 is 2.45 bits per heavy atom. The number of ether oxygens (including phenoxy) is 1. The Bertz CT molecular complexity index is 506. The van der Waals surface area contributed by atoms with Gasteiger partial charge < -0.3 is 19.8 Å². The third kappa shape index (κ3) is 2.72. The number of pyridine rings is 1. The van der Waals surface area contributed by atoms with Gasteiger partial charge in [0.25, 0.3) is 5.91 Å². The fraction of sp³-hybridized carbons (Fsp3) is 0.462. The Morgan fingerprint density at radius 2 is 2.00 bits per heavy atom. The molecule has 0 aromatic carbocycles. The number of likely N-dealkylation sites (tertiary alicyclic amines) is 1. The normalized spacial score (nSPS) is 17.6. The molecule has 2 N–H and O–H groups in total. The van der Waals surface area contributed by atoms with Crippen LogP contribution in [0.25, 0.3) is 0 Å². The van der Waals surface area contributed by atoms with Gasteiger partial charge >= 0.3 is 5.97 Å². The summed E-state index contributed by atoms with van der Waals surface area (Å²) in [7, 11) is 1.49. The van der Waals surface area contributed by atoms with Crippen molar-refractivity contribution in [3.63, 3.8) is 0 Å². The molecule has 7 heteroatoms. The van der Waals surface area contributed by atoms with Crippen LogP contribution in [0.15, 0.2) is 18.3 Å². The van der Waals surface area contributed by atoms with Crippen molar-refractivity contribution in [3.05, 3.63) is 23.9 Å². The van der Waals surface area contributed by atoms with Crippen LogP contribution in [0.1, 0.15) is 23.2 Å². The molecule has 2 rings (SSSR count). The second kappa shape index (κ2) is 5.46. The van der Waals surface area contributed by atoms with Crippen molar-refractivity contribution in [2.45, 2.75) is 18.4 Å². The standard InChI is InChI=1S/C13H16N2O5/c1-20-10-3-2-9(8-14-10)11(16)15-6-4-13(19,5-7-15)12(17)18/h2-3,8,19H,4-7H2,1H3,(H,17,18). The van der Waals surface area contributed by atoms with E-state index in [1.165, 1.54) is 18.2 Å². The number of hydrogen-bond acceptors (Lipinski definition) is 5. The van der Waals surface area contributed by atoms with Gasteiger partial charge in [0.05, 0.1) is 12.7 Å². The second-order valence-corrected chi connectivity index (χ2v) is 4.72. The van der Waals surface area contributed by atoms with Crippen molar-refractivity contribution in [2.75, 3.05) is 20.2 Å². The van der Waals surface area contributed by atoms with E-state index in [-0.39, 0.29) is 31.8 Å². The minimum atomic E-state index is -1.73. The molecule has 1 saturated heterocycles. The maximum Gasteiger partial charge on any atom is 0.335 e. The summed E-state index contributed by atoms with van der Waals surface area (Å²) in [5, 5.41) is 18.7. The number of nitrogens with zero attached hydrogens (tertiary/aromatic N) is 2. The summed E-state index contributed by atoms with van der Waals surface area (Å²) in [6.07, 6.45) is 1.47. The molecular formula is C13H16N2O5. The molecule has 0 atom stereocenters. The molecule has 7 nitrogen and oxygen atoms in total. The van der Waals surface area contributed by atoms with Crippen LogP contribution in [-0.4, -0.2) is 57.8 Å². The maximum atomic E-state index is 12.2. The third-order valence-electron chi connectivity index (χ3n) is 3.47. The molecular weight excluding hydrogens is 264 g/mol. The topological polar surface area (TPSA) is 100.0 Å². The number of aliphatic hydroxyl groups is 1. The largest absolute Gasteiger partial charge is 0.481 e. The lowest BCUT2D eigenvalue weighted by Gasteiger charge is -2.35. The Morgan fingerprint density at radius 1 is 1.35 bits per heavy atom. The zero-order valence-electron chi connectivity index (χ0n) is 11.1. The molecule has 1 aromatic rings. The third-order valence-corrected chi connectivity index (χ3v) is 3.47. The van der Waals surface area contributed by atoms with Crippen LogP contribution in [0, 0.1) is 0 Å². The van der Waals surface area contributed by atoms with Crippen molar-refractivity contribution in [1.82, 2.24) is 9.88 Å². The lowest BCUT2D eigenvalue weighted by atomic mass is 9.91. The number of methoxy groups -OCH3 is 1. The number of aliphatic carboxylic acids is 1. The van der Waals surface area contributed by atoms with Gasteiger partial charge in [0.1, 0.15) is 0 Å². The molecule has 0 bridgehead atoms. The molecule has 1 aliphatic heterocycles. The van der Waals surface area contributed by atoms with E-state index in [2.05, 4.69) is 4.98 Å². The first-order valence-corrected chi connectivity index (χ1v) is 6.21. The Balaban J connectivity index is 2.02. The highest BCUT2D eigenvalue weighted by Crippen LogP contribution is 2.23. The predicted molar refractivity (Wildman–Crippen MR) is 68.5 cm³/mol. The number of carbonyl (C=O) groups is 2. The molecule has 2 heterocycles. The van der Waals surface area contributed by atoms with Gasteiger partial charge in [-0.1, -0.05) is 0 Å². The van der Waals surface area contributed by atoms with E-state index >= 15 is 0 Å². The molecule has 0 radical (unpaired) electrons. The van der Waals surface area contributed by atoms with Gasteiger partial charge in [-0.05, 0) is 6.07 Å². The summed E-state index contributed by atoms with van der Waals surface area (Å²) in [5.41, 5.74) is -1.32. The molecule has 1 fully saturated rings. The van der Waals surface area contributed by atoms with Crippen molar-refractivity contribution in [3.8, 4) is 5.88 Å². The molecule has 108 valence electrons. The first-order chi connectivity index (χ1) is 9.46. The summed E-state index contributed by atoms with van der Waals surface area (Å²) in [6.45, 7) is 0.404. The van der Waals surface area contributed by atoms with Gasteiger partial charge in [0.15, 0.2) is 5.60 Å². The van der Waals surface area contributed by atoms with Crippen molar-refractivity contribution < 1.29 is 24.5 Å². The summed E-state index contributed by atoms with van der Waals surface area (Å²) in [5.74, 6) is -1.05. The predicted octanol–water partition coefficient (Wildman–Crippen LogP) is 0.142. The van der Waals surface area contributed by atoms with Crippen LogP contribution in [0.5, 0.6) is 5.88 Å². The van der Waals surface area contributed by atoms with Crippen LogP contribution in [-0.2, 0) is 4.79 Å². The summed E-state index contributed by atoms with van der Waals surface area (Å²) in [4.78, 5) is 28.6. The first-order valence-electron chi connectivity index (χ1n) is 6.21. The molecule has 1 aliphatic rings. The minimum Gasteiger partial charge on any atom is -0.481 e. The van der Waals surface area contributed by atoms with E-state index in [9.17, 15) is 14.7 Å². The highest BCUT2D eigenvalue weighted by atomic mass is 16.5. The van der Waals surface area contributed by atoms with Gasteiger partial charge in [0, 0.05) is 38.2 Å². The Kier molecular flexibility index (Phi) is 3.89. The van der Waals surface area contributed by atoms with Gasteiger partial charge in [-0.25, -0.2) is 9.78 Å². The van der Waals surface area contributed by atoms with E-state index in [1.807, 2.05) is 0 Å². The number of hydrogen-bond donors (Lipinski definition) is 2. The van der Waals surface area contributed by atoms with Crippen LogP contribution in [0.4, 0.5) is 0 Å². The van der Waals surface area contributed by atoms with Crippen LogP contribution in [0.3, 0.4) is 0 Å². The molecule has 20 heavy (non-hydrogen) atoms. The van der Waals surface area contributed by atoms with Crippen LogP contribution < -0.4 is 4.74 Å². The van der Waals surface area contributed by atoms with Gasteiger partial charge in [-0.2, -0.15) is 0 Å². The van der Waals surface area contributed by atoms with Crippen molar-refractivity contribution in [1.29, 1.82) is 0 Å². The van der Waals surface area contributed by atoms with E-state index in [0.29, 0.717) is 11.4 Å². The van der Waals surface area contributed by atoms with Crippen molar-refractivity contribution in [2.24, 2.45) is 0 Å². The fourth-order valence-electron chi connectivity index (χ4n) is 2.10. The lowest BCUT2D eigenvalue weighted by Crippen LogP contribution is -2.50. The number of amides is 1. The quantitative estimate of drug-likeness (QED) is 0.817. The number of rotatable bonds is 3. The molecule has 0 aliphatic carbocycles. The molecule has 1 aromatic heterocycles. The average Bonchev–Trinajstić information content (AvgIpc) is 2.47. The number of carbonyl (C=O) groups excluding carboxylic acids is 1. The zero-order valence-corrected chi connectivity index (χ0v) is 11.1. The highest BCUT2D eigenvalue weighted by molar-refractivity contribution is 5.94. The van der Waals surface area contributed by atoms with Crippen LogP contribution >= 0.6 is 0 Å². The highest BCUT2D eigenvalue weighted by Gasteiger charge is 2.40. The average molecular weight is 280 g/mol. The Labute approximate surface area is 115 Å². The second-order valence-electron chi connectivity index (χ2n) is 4.72. The summed E-state index contributed by atoms with van der Waals surface area (Å²) < 4.78 is 4.91. The van der Waals surface area contributed by atoms with E-state index in [1.54, 1.807) is 12.1 Å². The van der Waals surface area contributed by atoms with E-state index < -0.39 is 11.6 Å². The molecule has 1 amide bonds. The molecule has 0 spiro atoms. The SMILES string of the molecule is COc1ccc(C(=O)N2CCC(O)(C(=O)O)CC2)cn1. The van der Waals surface area contributed by atoms with E-state index in [0.717, 1.165) is 0 Å². The fourth-order valence-corrected chi connectivity index (χ4v) is 2.10. The number of carboxylic acids is 1. The van der Waals surface area contributed by atoms with Crippen LogP contribution in [0.2, 0.25) is 0 Å². The number of aromatic nitrogens is 1. The van der Waals surface area contributed by atoms with Gasteiger partial charge in [-0.15, -0.1) is 0 Å². The van der Waals surface area contributed by atoms with E-state index in [4.69, 9.17) is 9.84 Å². The minimum absolute atomic E-state index is 0.0255. The molecule has 0 unspecified atom stereocenters. The Hall–Kier alpha value is -2.15. The number of piperidine rings is 1. The monoisotopic (exact) mass is 280 g/mol. The van der Waals surface area contributed by atoms with Crippen molar-refractivity contribution >= 4 is 11.9 Å². The first kappa shape index (κ1) is 14.3. The smallest absolute Gasteiger partial charge is 0.335 e. The van der Waals surface area contributed by atoms with Gasteiger partial charge in [0.2, 0.25) is 5.88 Å². The zero-order chi connectivity index (χ0) is 14.8.